The van der Waals surface area contributed by atoms with Crippen molar-refractivity contribution >= 4 is 122 Å². The fourth-order valence-corrected chi connectivity index (χ4v) is 14.9. The van der Waals surface area contributed by atoms with Gasteiger partial charge in [0.25, 0.3) is 64.6 Å². The van der Waals surface area contributed by atoms with Gasteiger partial charge in [0.2, 0.25) is 11.8 Å². The van der Waals surface area contributed by atoms with Gasteiger partial charge < -0.3 is 56.2 Å². The molecule has 5 aliphatic rings. The lowest BCUT2D eigenvalue weighted by Crippen LogP contribution is -2.69. The number of amides is 8. The van der Waals surface area contributed by atoms with Crippen LogP contribution in [0.1, 0.15) is 185 Å². The van der Waals surface area contributed by atoms with E-state index in [4.69, 9.17) is 34.8 Å². The third-order valence-corrected chi connectivity index (χ3v) is 20.9. The Morgan fingerprint density at radius 3 is 1.35 bits per heavy atom. The van der Waals surface area contributed by atoms with Gasteiger partial charge >= 0.3 is 0 Å². The van der Waals surface area contributed by atoms with Crippen molar-refractivity contribution < 1.29 is 83.9 Å². The summed E-state index contributed by atoms with van der Waals surface area (Å²) in [6.45, 7) is 16.1. The third kappa shape index (κ3) is 15.7. The molecule has 0 spiro atoms. The molecule has 2 aliphatic carbocycles. The number of hydrogen-bond acceptors (Lipinski definition) is 12. The predicted octanol–water partition coefficient (Wildman–Crippen LogP) is 10.9. The molecule has 0 unspecified atom stereocenters. The molecular formula is C73H78Cl3F6N11O12. The van der Waals surface area contributed by atoms with Gasteiger partial charge in [-0.3, -0.25) is 57.5 Å². The van der Waals surface area contributed by atoms with E-state index in [1.807, 2.05) is 13.0 Å². The summed E-state index contributed by atoms with van der Waals surface area (Å²) in [6, 6.07) is 9.83. The van der Waals surface area contributed by atoms with Gasteiger partial charge in [-0.05, 0) is 144 Å². The van der Waals surface area contributed by atoms with E-state index in [0.29, 0.717) is 96.4 Å². The smallest absolute Gasteiger partial charge is 0.293 e. The van der Waals surface area contributed by atoms with E-state index in [-0.39, 0.29) is 90.3 Å². The standard InChI is InChI=1S/C25H25ClF3N3O4.C24H24ClF3N4O4.C24H29ClN4O4/c1-4-18(33)24(10-25(28,29)11-24)31-23(36)21(34)19-13(3)20(32-7-5-6-17(19)32)22(35)30-14-8-15(26)12(2)16(27)9-14;1-11-6-7-13(17(26)16(11)25)30-20(34)18-12(2)15(14-5-4-8-32(14)18)19(33)21(35)31-23(22(36)29-3)9-24(27,28)10-23;1-12(2)19(22(31)26-5)28-24(33)21(30)18-14(4)20(29-10-6-7-17(18)29)23(32)27-15-9-8-13(3)16(25)11-15/h8-9H,4-7,10-11H2,1-3H3,(H,30,35)(H,31,36);6-7H,4-5,8-10H2,1-3H3,(H,29,36)(H,30,34)(H,31,35);8-9,11-12,19H,6-7,10H2,1-5H3,(H,26,31)(H,27,32)(H,28,33)/t;;19-/m..0/s1. The zero-order chi connectivity index (χ0) is 77.6. The van der Waals surface area contributed by atoms with Crippen LogP contribution in [0.3, 0.4) is 0 Å². The highest BCUT2D eigenvalue weighted by molar-refractivity contribution is 6.45. The first-order valence-corrected chi connectivity index (χ1v) is 34.9. The molecule has 560 valence electrons. The zero-order valence-electron chi connectivity index (χ0n) is 59.2. The number of aromatic nitrogens is 3. The summed E-state index contributed by atoms with van der Waals surface area (Å²) in [7, 11) is 2.72. The van der Waals surface area contributed by atoms with Crippen LogP contribution in [-0.2, 0) is 67.7 Å². The highest BCUT2D eigenvalue weighted by Crippen LogP contribution is 2.48. The molecule has 0 saturated heterocycles. The quantitative estimate of drug-likeness (QED) is 0.0201. The maximum absolute atomic E-state index is 14.6. The SMILES string of the molecule is CCC(=O)C1(NC(=O)C(=O)c2c(C)c(C(=O)Nc3cc(F)c(C)c(Cl)c3)n3c2CCC3)CC(F)(F)C1.CNC(=O)C1(NC(=O)C(=O)c2c(C)c(C(=O)Nc3ccc(C)c(Cl)c3F)n3c2CCC3)CC(F)(F)C1.CNC(=O)[C@@H](NC(=O)C(=O)c1c(C)c(C(=O)Nc2ccc(C)c(Cl)c2)n2c1CCC2)C(C)C. The van der Waals surface area contributed by atoms with E-state index in [1.54, 1.807) is 59.6 Å². The number of likely N-dealkylation sites (N-methyl/N-ethyl adjacent to an activating group) is 2. The lowest BCUT2D eigenvalue weighted by molar-refractivity contribution is -0.164. The van der Waals surface area contributed by atoms with Crippen LogP contribution in [0.2, 0.25) is 15.1 Å². The molecule has 11 rings (SSSR count). The number of nitrogens with one attached hydrogen (secondary N) is 8. The van der Waals surface area contributed by atoms with Crippen molar-refractivity contribution in [2.24, 2.45) is 5.92 Å². The number of halogens is 9. The summed E-state index contributed by atoms with van der Waals surface area (Å²) in [6.07, 6.45) is -0.264. The van der Waals surface area contributed by atoms with Gasteiger partial charge in [0.15, 0.2) is 11.6 Å². The van der Waals surface area contributed by atoms with Crippen molar-refractivity contribution in [1.82, 2.24) is 40.3 Å². The Morgan fingerprint density at radius 1 is 0.514 bits per heavy atom. The Kier molecular flexibility index (Phi) is 23.3. The van der Waals surface area contributed by atoms with E-state index in [9.17, 15) is 83.9 Å². The van der Waals surface area contributed by atoms with Gasteiger partial charge in [0, 0.05) is 110 Å². The number of benzene rings is 3. The summed E-state index contributed by atoms with van der Waals surface area (Å²) in [5.74, 6) is -17.4. The van der Waals surface area contributed by atoms with Gasteiger partial charge in [-0.1, -0.05) is 67.7 Å². The molecule has 0 radical (unpaired) electrons. The minimum Gasteiger partial charge on any atom is -0.357 e. The highest BCUT2D eigenvalue weighted by Gasteiger charge is 2.63. The molecule has 2 saturated carbocycles. The van der Waals surface area contributed by atoms with Crippen molar-refractivity contribution in [3.05, 3.63) is 153 Å². The van der Waals surface area contributed by atoms with Crippen LogP contribution in [0.4, 0.5) is 43.4 Å². The molecule has 6 aromatic rings. The topological polar surface area (TPSA) is 316 Å². The average molecular weight is 1520 g/mol. The normalized spacial score (nSPS) is 16.0. The number of ketones is 4. The fourth-order valence-electron chi connectivity index (χ4n) is 14.3. The molecule has 3 aromatic carbocycles. The largest absolute Gasteiger partial charge is 0.357 e. The lowest BCUT2D eigenvalue weighted by Gasteiger charge is -2.46. The van der Waals surface area contributed by atoms with Gasteiger partial charge in [0.1, 0.15) is 40.0 Å². The number of carbonyl (C=O) groups excluding carboxylic acids is 12. The number of hydrogen-bond donors (Lipinski definition) is 8. The van der Waals surface area contributed by atoms with Crippen LogP contribution in [0, 0.1) is 59.1 Å². The highest BCUT2D eigenvalue weighted by atomic mass is 35.5. The Hall–Kier alpha value is -9.61. The summed E-state index contributed by atoms with van der Waals surface area (Å²) in [5, 5.41) is 20.2. The molecule has 0 bridgehead atoms. The molecule has 3 aliphatic heterocycles. The molecule has 6 heterocycles. The van der Waals surface area contributed by atoms with Gasteiger partial charge in [0.05, 0.1) is 27.4 Å². The van der Waals surface area contributed by atoms with E-state index in [0.717, 1.165) is 18.1 Å². The van der Waals surface area contributed by atoms with E-state index in [1.165, 1.54) is 53.9 Å². The number of aryl methyl sites for hydroxylation is 2. The molecule has 8 N–H and O–H groups in total. The Morgan fingerprint density at radius 2 is 0.933 bits per heavy atom. The van der Waals surface area contributed by atoms with Crippen LogP contribution in [0.5, 0.6) is 0 Å². The first-order valence-electron chi connectivity index (χ1n) is 33.8. The third-order valence-electron chi connectivity index (χ3n) is 19.6. The maximum atomic E-state index is 14.6. The number of anilines is 3. The van der Waals surface area contributed by atoms with E-state index in [2.05, 4.69) is 42.5 Å². The van der Waals surface area contributed by atoms with Crippen molar-refractivity contribution in [2.45, 2.75) is 182 Å². The summed E-state index contributed by atoms with van der Waals surface area (Å²) >= 11 is 18.1. The van der Waals surface area contributed by atoms with Gasteiger partial charge in [-0.25, -0.2) is 26.3 Å². The van der Waals surface area contributed by atoms with Gasteiger partial charge in [-0.15, -0.1) is 0 Å². The first kappa shape index (κ1) is 79.5. The number of carbonyl (C=O) groups is 12. The minimum absolute atomic E-state index is 0.00782. The van der Waals surface area contributed by atoms with Crippen LogP contribution in [0.15, 0.2) is 42.5 Å². The summed E-state index contributed by atoms with van der Waals surface area (Å²) < 4.78 is 88.1. The first-order chi connectivity index (χ1) is 49.2. The Balaban J connectivity index is 0.000000183. The van der Waals surface area contributed by atoms with Crippen molar-refractivity contribution in [3.8, 4) is 0 Å². The second-order valence-corrected chi connectivity index (χ2v) is 28.4. The molecular weight excluding hydrogens is 1440 g/mol. The number of rotatable bonds is 20. The maximum Gasteiger partial charge on any atom is 0.293 e. The Bertz CT molecular complexity index is 4650. The molecule has 2 fully saturated rings. The van der Waals surface area contributed by atoms with Crippen molar-refractivity contribution in [2.75, 3.05) is 30.0 Å². The molecule has 32 heteroatoms. The number of fused-ring (bicyclic) bond motifs is 3. The predicted molar refractivity (Wildman–Crippen MR) is 378 cm³/mol. The average Bonchev–Trinajstić information content (AvgIpc) is 1.65. The number of nitrogens with zero attached hydrogens (tertiary/aromatic N) is 3. The number of alkyl halides is 4. The Labute approximate surface area is 614 Å². The number of Topliss-reactive ketones (excluding diaryl/α,β-unsaturated/α-hetero) is 4. The van der Waals surface area contributed by atoms with Crippen molar-refractivity contribution in [3.63, 3.8) is 0 Å². The van der Waals surface area contributed by atoms with Crippen LogP contribution >= 0.6 is 34.8 Å². The second-order valence-electron chi connectivity index (χ2n) is 27.2. The van der Waals surface area contributed by atoms with Crippen LogP contribution in [0.25, 0.3) is 0 Å². The molecule has 23 nitrogen and oxygen atoms in total. The summed E-state index contributed by atoms with van der Waals surface area (Å²) in [4.78, 5) is 154. The fraction of sp³-hybridized carbons (Fsp3) is 0.425. The summed E-state index contributed by atoms with van der Waals surface area (Å²) in [5.41, 5.74) is 1.66. The van der Waals surface area contributed by atoms with Crippen LogP contribution < -0.4 is 42.5 Å². The van der Waals surface area contributed by atoms with E-state index < -0.39 is 125 Å². The monoisotopic (exact) mass is 1520 g/mol. The molecule has 1 atom stereocenters. The van der Waals surface area contributed by atoms with E-state index >= 15 is 0 Å². The molecule has 8 amide bonds. The van der Waals surface area contributed by atoms with Crippen LogP contribution in [-0.4, -0.2) is 127 Å². The van der Waals surface area contributed by atoms with Crippen molar-refractivity contribution in [1.29, 1.82) is 0 Å². The zero-order valence-corrected chi connectivity index (χ0v) is 61.5. The second kappa shape index (κ2) is 30.8. The lowest BCUT2D eigenvalue weighted by atomic mass is 9.69. The minimum atomic E-state index is -3.14. The van der Waals surface area contributed by atoms with Gasteiger partial charge in [-0.2, -0.15) is 0 Å². The molecule has 105 heavy (non-hydrogen) atoms. The molecule has 3 aromatic heterocycles.